The van der Waals surface area contributed by atoms with Crippen LogP contribution < -0.4 is 10.1 Å². The number of rotatable bonds is 6. The topological polar surface area (TPSA) is 86.1 Å². The van der Waals surface area contributed by atoms with E-state index in [9.17, 15) is 12.8 Å². The Morgan fingerprint density at radius 1 is 1.24 bits per heavy atom. The quantitative estimate of drug-likeness (QED) is 0.664. The Balaban J connectivity index is 1.69. The minimum absolute atomic E-state index is 0.0720. The molecule has 0 radical (unpaired) electrons. The maximum absolute atomic E-state index is 14.1. The van der Waals surface area contributed by atoms with Crippen LogP contribution in [0, 0.1) is 19.7 Å². The van der Waals surface area contributed by atoms with Gasteiger partial charge < -0.3 is 10.1 Å². The highest BCUT2D eigenvalue weighted by molar-refractivity contribution is 7.90. The smallest absolute Gasteiger partial charge is 0.186 e. The van der Waals surface area contributed by atoms with Gasteiger partial charge in [0, 0.05) is 19.2 Å². The molecule has 0 saturated carbocycles. The highest BCUT2D eigenvalue weighted by Crippen LogP contribution is 2.27. The lowest BCUT2D eigenvalue weighted by molar-refractivity contribution is 0.136. The van der Waals surface area contributed by atoms with Crippen LogP contribution in [0.15, 0.2) is 47.5 Å². The minimum Gasteiger partial charge on any atom is -0.484 e. The van der Waals surface area contributed by atoms with Crippen LogP contribution in [0.25, 0.3) is 5.82 Å². The first-order valence-electron chi connectivity index (χ1n) is 9.21. The van der Waals surface area contributed by atoms with Crippen LogP contribution in [-0.2, 0) is 15.6 Å². The molecule has 7 nitrogen and oxygen atoms in total. The number of halogens is 1. The van der Waals surface area contributed by atoms with Crippen molar-refractivity contribution in [1.82, 2.24) is 20.1 Å². The number of nitrogens with one attached hydrogen (secondary N) is 1. The Bertz CT molecular complexity index is 1140. The Kier molecular flexibility index (Phi) is 5.10. The summed E-state index contributed by atoms with van der Waals surface area (Å²) in [5, 5.41) is 7.41. The number of nitrogens with zero attached hydrogens (tertiary/aromatic N) is 3. The normalized spacial score (nSPS) is 14.6. The van der Waals surface area contributed by atoms with E-state index in [2.05, 4.69) is 15.4 Å². The predicted molar refractivity (Wildman–Crippen MR) is 105 cm³/mol. The molecule has 0 spiro atoms. The zero-order chi connectivity index (χ0) is 20.6. The van der Waals surface area contributed by atoms with Crippen molar-refractivity contribution in [1.29, 1.82) is 0 Å². The van der Waals surface area contributed by atoms with Crippen LogP contribution in [0.4, 0.5) is 4.39 Å². The number of aromatic nitrogens is 3. The van der Waals surface area contributed by atoms with Crippen molar-refractivity contribution in [2.45, 2.75) is 30.6 Å². The van der Waals surface area contributed by atoms with Crippen molar-refractivity contribution >= 4 is 9.84 Å². The second-order valence-corrected chi connectivity index (χ2v) is 8.95. The first-order chi connectivity index (χ1) is 13.8. The van der Waals surface area contributed by atoms with E-state index in [1.807, 2.05) is 6.07 Å². The van der Waals surface area contributed by atoms with E-state index in [-0.39, 0.29) is 22.5 Å². The van der Waals surface area contributed by atoms with Crippen LogP contribution in [0.1, 0.15) is 17.0 Å². The third-order valence-electron chi connectivity index (χ3n) is 4.80. The lowest BCUT2D eigenvalue weighted by Crippen LogP contribution is -2.50. The van der Waals surface area contributed by atoms with Gasteiger partial charge in [0.25, 0.3) is 0 Å². The summed E-state index contributed by atoms with van der Waals surface area (Å²) in [6.07, 6.45) is 0.966. The molecule has 3 heterocycles. The van der Waals surface area contributed by atoms with E-state index in [0.717, 1.165) is 6.20 Å². The van der Waals surface area contributed by atoms with E-state index < -0.39 is 15.7 Å². The summed E-state index contributed by atoms with van der Waals surface area (Å²) in [5.41, 5.74) is 1.49. The summed E-state index contributed by atoms with van der Waals surface area (Å²) in [4.78, 5) is 4.24. The second kappa shape index (κ2) is 7.57. The molecule has 0 atom stereocenters. The van der Waals surface area contributed by atoms with Gasteiger partial charge in [-0.15, -0.1) is 0 Å². The van der Waals surface area contributed by atoms with Crippen LogP contribution >= 0.6 is 0 Å². The van der Waals surface area contributed by atoms with Crippen LogP contribution in [0.5, 0.6) is 5.75 Å². The van der Waals surface area contributed by atoms with E-state index in [4.69, 9.17) is 4.74 Å². The summed E-state index contributed by atoms with van der Waals surface area (Å²) in [7, 11) is -3.62. The SMILES string of the molecule is Cc1nn(-c2cc(OC3CNC3)c(F)cn2)c(C)c1S(=O)(=O)Cc1ccccc1. The number of sulfone groups is 1. The van der Waals surface area contributed by atoms with Crippen LogP contribution in [0.2, 0.25) is 0 Å². The molecule has 9 heteroatoms. The van der Waals surface area contributed by atoms with Crippen molar-refractivity contribution in [3.63, 3.8) is 0 Å². The average Bonchev–Trinajstić information content (AvgIpc) is 2.95. The van der Waals surface area contributed by atoms with Gasteiger partial charge in [-0.25, -0.2) is 22.5 Å². The fourth-order valence-corrected chi connectivity index (χ4v) is 5.11. The monoisotopic (exact) mass is 416 g/mol. The third kappa shape index (κ3) is 3.88. The lowest BCUT2D eigenvalue weighted by atomic mass is 10.2. The number of benzene rings is 1. The summed E-state index contributed by atoms with van der Waals surface area (Å²) in [6.45, 7) is 4.61. The molecular weight excluding hydrogens is 395 g/mol. The molecule has 1 N–H and O–H groups in total. The summed E-state index contributed by atoms with van der Waals surface area (Å²) in [6, 6.07) is 10.4. The van der Waals surface area contributed by atoms with Crippen molar-refractivity contribution < 1.29 is 17.5 Å². The Morgan fingerprint density at radius 3 is 2.62 bits per heavy atom. The third-order valence-corrected chi connectivity index (χ3v) is 6.72. The molecule has 1 saturated heterocycles. The molecule has 1 aliphatic rings. The minimum atomic E-state index is -3.62. The number of ether oxygens (including phenoxy) is 1. The van der Waals surface area contributed by atoms with Crippen LogP contribution in [-0.4, -0.2) is 42.4 Å². The van der Waals surface area contributed by atoms with Crippen molar-refractivity contribution in [3.05, 3.63) is 65.4 Å². The first kappa shape index (κ1) is 19.5. The first-order valence-corrected chi connectivity index (χ1v) is 10.9. The number of hydrogen-bond donors (Lipinski definition) is 1. The van der Waals surface area contributed by atoms with Gasteiger partial charge in [-0.05, 0) is 19.4 Å². The molecule has 0 unspecified atom stereocenters. The van der Waals surface area contributed by atoms with E-state index >= 15 is 0 Å². The molecule has 0 amide bonds. The summed E-state index contributed by atoms with van der Waals surface area (Å²) >= 11 is 0. The molecule has 1 aliphatic heterocycles. The average molecular weight is 416 g/mol. The van der Waals surface area contributed by atoms with Gasteiger partial charge >= 0.3 is 0 Å². The fourth-order valence-electron chi connectivity index (χ4n) is 3.31. The largest absolute Gasteiger partial charge is 0.484 e. The van der Waals surface area contributed by atoms with Gasteiger partial charge in [0.15, 0.2) is 27.2 Å². The van der Waals surface area contributed by atoms with Gasteiger partial charge in [-0.2, -0.15) is 5.10 Å². The number of pyridine rings is 1. The highest BCUT2D eigenvalue weighted by atomic mass is 32.2. The molecule has 1 aromatic carbocycles. The molecular formula is C20H21FN4O3S. The van der Waals surface area contributed by atoms with Crippen molar-refractivity contribution in [2.24, 2.45) is 0 Å². The Labute approximate surface area is 168 Å². The lowest BCUT2D eigenvalue weighted by Gasteiger charge is -2.27. The molecule has 1 fully saturated rings. The van der Waals surface area contributed by atoms with Crippen molar-refractivity contribution in [2.75, 3.05) is 13.1 Å². The molecule has 4 rings (SSSR count). The molecule has 0 aliphatic carbocycles. The molecule has 0 bridgehead atoms. The standard InChI is InChI=1S/C20H21FN4O3S/c1-13-20(29(26,27)12-15-6-4-3-5-7-15)14(2)25(24-13)19-8-18(17(21)11-23-19)28-16-9-22-10-16/h3-8,11,16,22H,9-10,12H2,1-2H3. The predicted octanol–water partition coefficient (Wildman–Crippen LogP) is 2.35. The van der Waals surface area contributed by atoms with Gasteiger partial charge in [0.2, 0.25) is 0 Å². The highest BCUT2D eigenvalue weighted by Gasteiger charge is 2.27. The van der Waals surface area contributed by atoms with Crippen LogP contribution in [0.3, 0.4) is 0 Å². The second-order valence-electron chi connectivity index (χ2n) is 7.03. The Morgan fingerprint density at radius 2 is 1.97 bits per heavy atom. The van der Waals surface area contributed by atoms with Gasteiger partial charge in [0.05, 0.1) is 23.3 Å². The Hall–Kier alpha value is -2.78. The maximum Gasteiger partial charge on any atom is 0.186 e. The fraction of sp³-hybridized carbons (Fsp3) is 0.300. The zero-order valence-electron chi connectivity index (χ0n) is 16.1. The van der Waals surface area contributed by atoms with Gasteiger partial charge in [-0.1, -0.05) is 30.3 Å². The van der Waals surface area contributed by atoms with Gasteiger partial charge in [-0.3, -0.25) is 0 Å². The van der Waals surface area contributed by atoms with Gasteiger partial charge in [0.1, 0.15) is 11.0 Å². The number of aryl methyl sites for hydroxylation is 1. The summed E-state index contributed by atoms with van der Waals surface area (Å²) in [5.74, 6) is -0.321. The van der Waals surface area contributed by atoms with Crippen molar-refractivity contribution in [3.8, 4) is 11.6 Å². The van der Waals surface area contributed by atoms with E-state index in [0.29, 0.717) is 35.9 Å². The maximum atomic E-state index is 14.1. The molecule has 3 aromatic rings. The molecule has 29 heavy (non-hydrogen) atoms. The number of hydrogen-bond acceptors (Lipinski definition) is 6. The summed E-state index contributed by atoms with van der Waals surface area (Å²) < 4.78 is 47.2. The van der Waals surface area contributed by atoms with E-state index in [1.165, 1.54) is 10.7 Å². The molecule has 2 aromatic heterocycles. The molecule has 152 valence electrons. The zero-order valence-corrected chi connectivity index (χ0v) is 16.9. The van der Waals surface area contributed by atoms with E-state index in [1.54, 1.807) is 38.1 Å².